The monoisotopic (exact) mass is 446 g/mol. The van der Waals surface area contributed by atoms with Crippen LogP contribution < -0.4 is 0 Å². The minimum absolute atomic E-state index is 0. The Balaban J connectivity index is 0.000000742. The van der Waals surface area contributed by atoms with Gasteiger partial charge in [0.1, 0.15) is 0 Å². The minimum Gasteiger partial charge on any atom is -0.113 e. The standard InChI is InChI=1S/C14H15P.2ClH.Fe.Pd/c1-3-7-13(8-4-1)11-15-12-14-9-5-2-6-10-14;;;;/h1-10,15H,11-12H2;2*1H;;/q;;;;+2/p-2. The van der Waals surface area contributed by atoms with Crippen molar-refractivity contribution < 1.29 is 33.0 Å². The van der Waals surface area contributed by atoms with E-state index in [1.165, 1.54) is 23.5 Å². The van der Waals surface area contributed by atoms with E-state index >= 15 is 0 Å². The fraction of sp³-hybridized carbons (Fsp3) is 0.143. The van der Waals surface area contributed by atoms with Crippen molar-refractivity contribution in [2.24, 2.45) is 0 Å². The van der Waals surface area contributed by atoms with Gasteiger partial charge in [-0.1, -0.05) is 60.7 Å². The molecule has 2 aromatic carbocycles. The Morgan fingerprint density at radius 1 is 0.737 bits per heavy atom. The van der Waals surface area contributed by atoms with E-state index < -0.39 is 0 Å². The first-order valence-corrected chi connectivity index (χ1v) is 10.9. The molecular weight excluding hydrogens is 432 g/mol. The number of rotatable bonds is 4. The van der Waals surface area contributed by atoms with Crippen LogP contribution in [0.5, 0.6) is 0 Å². The molecule has 108 valence electrons. The molecule has 2 rings (SSSR count). The summed E-state index contributed by atoms with van der Waals surface area (Å²) in [5, 5.41) is 0. The average molecular weight is 447 g/mol. The predicted molar refractivity (Wildman–Crippen MR) is 80.3 cm³/mol. The van der Waals surface area contributed by atoms with Crippen molar-refractivity contribution >= 4 is 27.6 Å². The summed E-state index contributed by atoms with van der Waals surface area (Å²) >= 11 is -0.106. The Hall–Kier alpha value is 0.632. The van der Waals surface area contributed by atoms with Crippen LogP contribution in [0.4, 0.5) is 0 Å². The second-order valence-corrected chi connectivity index (χ2v) is 7.19. The van der Waals surface area contributed by atoms with Crippen molar-refractivity contribution in [2.45, 2.75) is 12.3 Å². The molecule has 5 heteroatoms. The summed E-state index contributed by atoms with van der Waals surface area (Å²) in [4.78, 5) is 0. The van der Waals surface area contributed by atoms with Gasteiger partial charge < -0.3 is 0 Å². The molecule has 0 fully saturated rings. The molecule has 0 aliphatic rings. The Kier molecular flexibility index (Phi) is 14.1. The summed E-state index contributed by atoms with van der Waals surface area (Å²) in [6.07, 6.45) is 2.41. The van der Waals surface area contributed by atoms with Gasteiger partial charge in [-0.15, -0.1) is 8.58 Å². The average Bonchev–Trinajstić information content (AvgIpc) is 2.42. The van der Waals surface area contributed by atoms with Gasteiger partial charge in [0.2, 0.25) is 0 Å². The Morgan fingerprint density at radius 3 is 1.37 bits per heavy atom. The molecule has 0 saturated carbocycles. The van der Waals surface area contributed by atoms with E-state index in [1.54, 1.807) is 0 Å². The molecule has 2 aromatic rings. The fourth-order valence-corrected chi connectivity index (χ4v) is 2.72. The zero-order valence-electron chi connectivity index (χ0n) is 10.1. The van der Waals surface area contributed by atoms with Crippen LogP contribution >= 0.6 is 27.6 Å². The quantitative estimate of drug-likeness (QED) is 0.433. The maximum Gasteiger partial charge on any atom is 0 e. The molecule has 0 amide bonds. The second-order valence-electron chi connectivity index (χ2n) is 3.62. The molecule has 0 unspecified atom stereocenters. The van der Waals surface area contributed by atoms with Crippen molar-refractivity contribution in [3.05, 3.63) is 71.8 Å². The van der Waals surface area contributed by atoms with Crippen LogP contribution in [0.2, 0.25) is 0 Å². The van der Waals surface area contributed by atoms with Crippen LogP contribution in [0.25, 0.3) is 0 Å². The molecule has 0 heterocycles. The van der Waals surface area contributed by atoms with Crippen LogP contribution in [0.15, 0.2) is 60.7 Å². The third-order valence-electron chi connectivity index (χ3n) is 2.34. The zero-order valence-corrected chi connectivity index (χ0v) is 15.3. The molecule has 0 bridgehead atoms. The summed E-state index contributed by atoms with van der Waals surface area (Å²) in [7, 11) is 10.6. The molecule has 0 aliphatic carbocycles. The van der Waals surface area contributed by atoms with E-state index in [0.29, 0.717) is 0 Å². The van der Waals surface area contributed by atoms with Gasteiger partial charge in [-0.05, 0) is 23.5 Å². The molecule has 19 heavy (non-hydrogen) atoms. The number of hydrogen-bond donors (Lipinski definition) is 0. The minimum atomic E-state index is -0.106. The van der Waals surface area contributed by atoms with E-state index in [-0.39, 0.29) is 33.0 Å². The van der Waals surface area contributed by atoms with Gasteiger partial charge >= 0.3 is 35.0 Å². The van der Waals surface area contributed by atoms with Crippen LogP contribution in [0, 0.1) is 0 Å². The topological polar surface area (TPSA) is 0 Å². The van der Waals surface area contributed by atoms with Gasteiger partial charge in [-0.2, -0.15) is 0 Å². The largest absolute Gasteiger partial charge is 0.113 e. The summed E-state index contributed by atoms with van der Waals surface area (Å²) in [6, 6.07) is 21.4. The van der Waals surface area contributed by atoms with Gasteiger partial charge in [0.25, 0.3) is 0 Å². The number of hydrogen-bond acceptors (Lipinski definition) is 0. The van der Waals surface area contributed by atoms with Gasteiger partial charge in [-0.3, -0.25) is 0 Å². The molecule has 0 N–H and O–H groups in total. The van der Waals surface area contributed by atoms with Crippen LogP contribution in [-0.4, -0.2) is 0 Å². The number of benzene rings is 2. The van der Waals surface area contributed by atoms with Crippen LogP contribution in [0.3, 0.4) is 0 Å². The van der Waals surface area contributed by atoms with Crippen LogP contribution in [0.1, 0.15) is 11.1 Å². The van der Waals surface area contributed by atoms with E-state index in [0.717, 1.165) is 8.58 Å². The Morgan fingerprint density at radius 2 is 1.05 bits per heavy atom. The van der Waals surface area contributed by atoms with E-state index in [4.69, 9.17) is 19.1 Å². The molecule has 0 saturated heterocycles. The van der Waals surface area contributed by atoms with Crippen molar-refractivity contribution in [3.63, 3.8) is 0 Å². The first-order valence-electron chi connectivity index (χ1n) is 5.47. The molecular formula is C14H15Cl2FePPd. The molecule has 0 radical (unpaired) electrons. The summed E-state index contributed by atoms with van der Waals surface area (Å²) in [6.45, 7) is 0. The smallest absolute Gasteiger partial charge is 0 e. The van der Waals surface area contributed by atoms with E-state index in [1.807, 2.05) is 0 Å². The van der Waals surface area contributed by atoms with E-state index in [9.17, 15) is 0 Å². The van der Waals surface area contributed by atoms with Crippen molar-refractivity contribution in [3.8, 4) is 0 Å². The predicted octanol–water partition coefficient (Wildman–Crippen LogP) is 5.44. The molecule has 0 aliphatic heterocycles. The fourth-order valence-electron chi connectivity index (χ4n) is 1.54. The zero-order chi connectivity index (χ0) is 13.1. The Bertz CT molecular complexity index is 375. The first kappa shape index (κ1) is 19.6. The molecule has 0 spiro atoms. The first-order chi connectivity index (χ1) is 8.86. The van der Waals surface area contributed by atoms with Crippen molar-refractivity contribution in [1.29, 1.82) is 0 Å². The van der Waals surface area contributed by atoms with Crippen molar-refractivity contribution in [2.75, 3.05) is 0 Å². The van der Waals surface area contributed by atoms with Gasteiger partial charge in [0.05, 0.1) is 0 Å². The molecule has 0 atom stereocenters. The van der Waals surface area contributed by atoms with Gasteiger partial charge in [0.15, 0.2) is 0 Å². The SMILES string of the molecule is [Cl][Pd][Cl].[Fe].c1ccc(CPCc2ccccc2)cc1. The molecule has 0 aromatic heterocycles. The normalized spacial score (nSPS) is 9.16. The maximum absolute atomic E-state index is 4.81. The summed E-state index contributed by atoms with van der Waals surface area (Å²) in [5.74, 6) is 0. The third kappa shape index (κ3) is 10.1. The summed E-state index contributed by atoms with van der Waals surface area (Å²) < 4.78 is 0. The summed E-state index contributed by atoms with van der Waals surface area (Å²) in [5.41, 5.74) is 2.90. The van der Waals surface area contributed by atoms with Crippen molar-refractivity contribution in [1.82, 2.24) is 0 Å². The second kappa shape index (κ2) is 13.6. The van der Waals surface area contributed by atoms with Gasteiger partial charge in [-0.25, -0.2) is 0 Å². The van der Waals surface area contributed by atoms with E-state index in [2.05, 4.69) is 60.7 Å². The Labute approximate surface area is 144 Å². The maximum atomic E-state index is 4.81. The van der Waals surface area contributed by atoms with Gasteiger partial charge in [0, 0.05) is 17.1 Å². The molecule has 0 nitrogen and oxygen atoms in total. The number of halogens is 2. The van der Waals surface area contributed by atoms with Crippen LogP contribution in [-0.2, 0) is 45.3 Å². The third-order valence-corrected chi connectivity index (χ3v) is 3.66.